The lowest BCUT2D eigenvalue weighted by Crippen LogP contribution is -2.14. The highest BCUT2D eigenvalue weighted by molar-refractivity contribution is 7.90. The van der Waals surface area contributed by atoms with Gasteiger partial charge in [-0.3, -0.25) is 0 Å². The third-order valence-corrected chi connectivity index (χ3v) is 6.74. The second kappa shape index (κ2) is 6.93. The Labute approximate surface area is 173 Å². The molecule has 0 aliphatic heterocycles. The number of H-pyrrole nitrogens is 1. The van der Waals surface area contributed by atoms with E-state index in [1.54, 1.807) is 36.4 Å². The van der Waals surface area contributed by atoms with E-state index in [9.17, 15) is 8.42 Å². The molecule has 2 aromatic heterocycles. The third kappa shape index (κ3) is 2.81. The van der Waals surface area contributed by atoms with Gasteiger partial charge in [-0.15, -0.1) is 10.2 Å². The molecule has 5 aromatic rings. The molecule has 148 valence electrons. The van der Waals surface area contributed by atoms with Crippen molar-refractivity contribution in [2.75, 3.05) is 0 Å². The van der Waals surface area contributed by atoms with E-state index in [1.165, 1.54) is 3.97 Å². The van der Waals surface area contributed by atoms with E-state index in [1.807, 2.05) is 49.4 Å². The van der Waals surface area contributed by atoms with Gasteiger partial charge < -0.3 is 0 Å². The number of tetrazole rings is 1. The normalized spacial score (nSPS) is 11.8. The molecule has 0 aliphatic carbocycles. The second-order valence-corrected chi connectivity index (χ2v) is 8.71. The number of para-hydroxylation sites is 1. The number of rotatable bonds is 4. The summed E-state index contributed by atoms with van der Waals surface area (Å²) in [6.07, 6.45) is 0. The molecule has 0 aliphatic rings. The molecule has 0 atom stereocenters. The summed E-state index contributed by atoms with van der Waals surface area (Å²) in [6.45, 7) is 2.01. The minimum atomic E-state index is -3.92. The van der Waals surface area contributed by atoms with Gasteiger partial charge in [-0.25, -0.2) is 12.4 Å². The van der Waals surface area contributed by atoms with Gasteiger partial charge in [0.25, 0.3) is 10.0 Å². The van der Waals surface area contributed by atoms with E-state index >= 15 is 0 Å². The minimum absolute atomic E-state index is 0.186. The number of aryl methyl sites for hydroxylation is 1. The molecule has 0 unspecified atom stereocenters. The Balaban J connectivity index is 1.95. The quantitative estimate of drug-likeness (QED) is 0.478. The number of benzene rings is 3. The van der Waals surface area contributed by atoms with Crippen molar-refractivity contribution in [3.63, 3.8) is 0 Å². The number of fused-ring (bicyclic) bond motifs is 1. The van der Waals surface area contributed by atoms with E-state index in [0.717, 1.165) is 22.1 Å². The maximum absolute atomic E-state index is 13.7. The summed E-state index contributed by atoms with van der Waals surface area (Å²) in [6, 6.07) is 23.7. The maximum atomic E-state index is 13.7. The fourth-order valence-electron chi connectivity index (χ4n) is 3.64. The third-order valence-electron chi connectivity index (χ3n) is 5.01. The average Bonchev–Trinajstić information content (AvgIpc) is 3.41. The highest BCUT2D eigenvalue weighted by Crippen LogP contribution is 2.41. The molecule has 8 heteroatoms. The molecule has 0 saturated carbocycles. The van der Waals surface area contributed by atoms with Crippen molar-refractivity contribution >= 4 is 20.9 Å². The number of aromatic amines is 1. The molecule has 0 fully saturated rings. The molecule has 0 amide bonds. The smallest absolute Gasteiger partial charge is 0.229 e. The molecule has 0 spiro atoms. The molecule has 2 heterocycles. The zero-order valence-corrected chi connectivity index (χ0v) is 16.8. The van der Waals surface area contributed by atoms with Crippen molar-refractivity contribution in [2.45, 2.75) is 11.8 Å². The topological polar surface area (TPSA) is 93.5 Å². The Morgan fingerprint density at radius 1 is 0.867 bits per heavy atom. The van der Waals surface area contributed by atoms with E-state index in [4.69, 9.17) is 0 Å². The lowest BCUT2D eigenvalue weighted by atomic mass is 10.0. The highest BCUT2D eigenvalue weighted by Gasteiger charge is 2.30. The Kier molecular flexibility index (Phi) is 4.22. The highest BCUT2D eigenvalue weighted by atomic mass is 32.2. The first kappa shape index (κ1) is 18.3. The fraction of sp³-hybridized carbons (Fsp3) is 0.0455. The molecule has 0 bridgehead atoms. The predicted octanol–water partition coefficient (Wildman–Crippen LogP) is 4.03. The maximum Gasteiger partial charge on any atom is 0.268 e. The summed E-state index contributed by atoms with van der Waals surface area (Å²) in [4.78, 5) is 0.186. The van der Waals surface area contributed by atoms with Gasteiger partial charge in [0.05, 0.1) is 10.4 Å². The zero-order valence-electron chi connectivity index (χ0n) is 16.0. The van der Waals surface area contributed by atoms with E-state index in [2.05, 4.69) is 20.6 Å². The predicted molar refractivity (Wildman–Crippen MR) is 114 cm³/mol. The van der Waals surface area contributed by atoms with Gasteiger partial charge in [0.15, 0.2) is 0 Å². The van der Waals surface area contributed by atoms with Gasteiger partial charge in [-0.2, -0.15) is 5.21 Å². The number of aromatic nitrogens is 5. The Morgan fingerprint density at radius 2 is 1.57 bits per heavy atom. The lowest BCUT2D eigenvalue weighted by molar-refractivity contribution is 0.589. The summed E-state index contributed by atoms with van der Waals surface area (Å²) in [7, 11) is -3.92. The van der Waals surface area contributed by atoms with Gasteiger partial charge in [0, 0.05) is 10.9 Å². The molecule has 5 rings (SSSR count). The summed E-state index contributed by atoms with van der Waals surface area (Å²) in [5, 5.41) is 15.1. The van der Waals surface area contributed by atoms with Gasteiger partial charge in [-0.1, -0.05) is 66.2 Å². The molecule has 0 saturated heterocycles. The van der Waals surface area contributed by atoms with Crippen molar-refractivity contribution in [3.8, 4) is 22.6 Å². The van der Waals surface area contributed by atoms with Crippen LogP contribution < -0.4 is 0 Å². The van der Waals surface area contributed by atoms with E-state index in [0.29, 0.717) is 11.2 Å². The summed E-state index contributed by atoms with van der Waals surface area (Å²) in [5.41, 5.74) is 3.65. The Hall–Kier alpha value is -3.78. The second-order valence-electron chi connectivity index (χ2n) is 6.92. The molecule has 30 heavy (non-hydrogen) atoms. The minimum Gasteiger partial charge on any atom is -0.229 e. The van der Waals surface area contributed by atoms with Gasteiger partial charge in [0.1, 0.15) is 5.69 Å². The van der Waals surface area contributed by atoms with Crippen LogP contribution in [0.15, 0.2) is 83.8 Å². The van der Waals surface area contributed by atoms with Gasteiger partial charge in [-0.05, 0) is 35.9 Å². The van der Waals surface area contributed by atoms with Crippen LogP contribution in [0.4, 0.5) is 0 Å². The largest absolute Gasteiger partial charge is 0.268 e. The molecule has 0 radical (unpaired) electrons. The van der Waals surface area contributed by atoms with Gasteiger partial charge >= 0.3 is 0 Å². The summed E-state index contributed by atoms with van der Waals surface area (Å²) in [5.74, 6) is 0.210. The van der Waals surface area contributed by atoms with Crippen LogP contribution in [0.1, 0.15) is 5.56 Å². The Morgan fingerprint density at radius 3 is 2.27 bits per heavy atom. The van der Waals surface area contributed by atoms with Crippen molar-refractivity contribution in [2.24, 2.45) is 0 Å². The fourth-order valence-corrected chi connectivity index (χ4v) is 5.18. The monoisotopic (exact) mass is 415 g/mol. The van der Waals surface area contributed by atoms with Crippen LogP contribution in [0.25, 0.3) is 33.5 Å². The first-order valence-corrected chi connectivity index (χ1v) is 10.8. The SMILES string of the molecule is Cc1ccc(-c2c(-c3nn[nH]n3)n(S(=O)(=O)c3ccccc3)c3ccccc23)cc1. The Bertz CT molecular complexity index is 1440. The van der Waals surface area contributed by atoms with Crippen molar-refractivity contribution in [3.05, 3.63) is 84.4 Å². The lowest BCUT2D eigenvalue weighted by Gasteiger charge is -2.11. The number of nitrogens with zero attached hydrogens (tertiary/aromatic N) is 4. The first-order valence-electron chi connectivity index (χ1n) is 9.32. The molecule has 1 N–H and O–H groups in total. The van der Waals surface area contributed by atoms with Crippen molar-refractivity contribution in [1.29, 1.82) is 0 Å². The van der Waals surface area contributed by atoms with Crippen LogP contribution in [0, 0.1) is 6.92 Å². The molecular weight excluding hydrogens is 398 g/mol. The summed E-state index contributed by atoms with van der Waals surface area (Å²) < 4.78 is 28.8. The number of hydrogen-bond acceptors (Lipinski definition) is 5. The van der Waals surface area contributed by atoms with Gasteiger partial charge in [0.2, 0.25) is 5.82 Å². The van der Waals surface area contributed by atoms with E-state index < -0.39 is 10.0 Å². The van der Waals surface area contributed by atoms with Crippen LogP contribution in [-0.2, 0) is 10.0 Å². The van der Waals surface area contributed by atoms with Crippen molar-refractivity contribution < 1.29 is 8.42 Å². The first-order chi connectivity index (χ1) is 14.6. The standard InChI is InChI=1S/C22H17N5O2S/c1-15-11-13-16(14-12-15)20-18-9-5-6-10-19(18)27(21(20)22-23-25-26-24-22)30(28,29)17-7-3-2-4-8-17/h2-14H,1H3,(H,23,24,25,26). The van der Waals surface area contributed by atoms with Crippen LogP contribution in [0.3, 0.4) is 0 Å². The van der Waals surface area contributed by atoms with Crippen molar-refractivity contribution in [1.82, 2.24) is 24.6 Å². The molecule has 7 nitrogen and oxygen atoms in total. The zero-order chi connectivity index (χ0) is 20.7. The van der Waals surface area contributed by atoms with E-state index in [-0.39, 0.29) is 10.7 Å². The van der Waals surface area contributed by atoms with Crippen LogP contribution >= 0.6 is 0 Å². The van der Waals surface area contributed by atoms with Crippen LogP contribution in [0.5, 0.6) is 0 Å². The van der Waals surface area contributed by atoms with Crippen LogP contribution in [0.2, 0.25) is 0 Å². The van der Waals surface area contributed by atoms with Crippen LogP contribution in [-0.4, -0.2) is 33.0 Å². The molecular formula is C22H17N5O2S. The summed E-state index contributed by atoms with van der Waals surface area (Å²) >= 11 is 0. The number of hydrogen-bond donors (Lipinski definition) is 1. The molecule has 3 aromatic carbocycles. The average molecular weight is 415 g/mol. The number of nitrogens with one attached hydrogen (secondary N) is 1.